The van der Waals surface area contributed by atoms with Crippen LogP contribution in [-0.2, 0) is 0 Å². The first-order valence-electron chi connectivity index (χ1n) is 11.9. The minimum Gasteiger partial charge on any atom is -0.497 e. The van der Waals surface area contributed by atoms with Crippen molar-refractivity contribution in [3.05, 3.63) is 54.4 Å². The number of benzene rings is 3. The van der Waals surface area contributed by atoms with Gasteiger partial charge in [-0.05, 0) is 24.3 Å². The van der Waals surface area contributed by atoms with Crippen LogP contribution >= 0.6 is 0 Å². The monoisotopic (exact) mass is 550 g/mol. The molecule has 3 aromatic carbocycles. The molecule has 0 fully saturated rings. The van der Waals surface area contributed by atoms with E-state index in [1.165, 1.54) is 47.3 Å². The Hall–Kier alpha value is -5.13. The summed E-state index contributed by atoms with van der Waals surface area (Å²) < 4.78 is 39.6. The van der Waals surface area contributed by atoms with Crippen LogP contribution in [0, 0.1) is 0 Å². The van der Waals surface area contributed by atoms with Crippen LogP contribution in [-0.4, -0.2) is 70.4 Å². The summed E-state index contributed by atoms with van der Waals surface area (Å²) in [5.74, 6) is 2.70. The van der Waals surface area contributed by atoms with Gasteiger partial charge < -0.3 is 38.5 Å². The Morgan fingerprint density at radius 3 is 1.75 bits per heavy atom. The van der Waals surface area contributed by atoms with E-state index in [2.05, 4.69) is 15.4 Å². The molecule has 12 heteroatoms. The molecule has 4 rings (SSSR count). The number of nitrogens with one attached hydrogen (secondary N) is 1. The average Bonchev–Trinajstić information content (AvgIpc) is 3.45. The molecule has 4 aromatic rings. The lowest BCUT2D eigenvalue weighted by Gasteiger charge is -2.14. The summed E-state index contributed by atoms with van der Waals surface area (Å²) in [4.78, 5) is 18.0. The highest BCUT2D eigenvalue weighted by Crippen LogP contribution is 2.42. The quantitative estimate of drug-likeness (QED) is 0.290. The van der Waals surface area contributed by atoms with Gasteiger partial charge in [-0.25, -0.2) is 9.67 Å². The van der Waals surface area contributed by atoms with E-state index in [4.69, 9.17) is 33.2 Å². The molecule has 12 nitrogen and oxygen atoms in total. The number of ether oxygens (including phenoxy) is 7. The summed E-state index contributed by atoms with van der Waals surface area (Å²) in [6.45, 7) is 0. The number of rotatable bonds is 11. The second-order valence-corrected chi connectivity index (χ2v) is 8.15. The van der Waals surface area contributed by atoms with Gasteiger partial charge in [-0.15, -0.1) is 5.10 Å². The van der Waals surface area contributed by atoms with Gasteiger partial charge in [-0.2, -0.15) is 0 Å². The molecular formula is C28H30N4O8. The molecule has 0 unspecified atom stereocenters. The van der Waals surface area contributed by atoms with E-state index in [1.54, 1.807) is 43.5 Å². The number of carbonyl (C=O) groups excluding carboxylic acids is 1. The van der Waals surface area contributed by atoms with Crippen LogP contribution < -0.4 is 38.5 Å². The van der Waals surface area contributed by atoms with E-state index >= 15 is 0 Å². The number of anilines is 1. The zero-order valence-corrected chi connectivity index (χ0v) is 23.2. The predicted octanol–water partition coefficient (Wildman–Crippen LogP) is 4.25. The molecule has 0 aliphatic carbocycles. The number of hydrogen-bond donors (Lipinski definition) is 1. The second kappa shape index (κ2) is 12.2. The van der Waals surface area contributed by atoms with Gasteiger partial charge in [0.1, 0.15) is 5.75 Å². The molecular weight excluding hydrogens is 520 g/mol. The fourth-order valence-corrected chi connectivity index (χ4v) is 4.07. The first-order chi connectivity index (χ1) is 19.4. The minimum atomic E-state index is -0.565. The highest BCUT2D eigenvalue weighted by molar-refractivity contribution is 6.02. The van der Waals surface area contributed by atoms with Crippen molar-refractivity contribution in [1.82, 2.24) is 14.8 Å². The highest BCUT2D eigenvalue weighted by atomic mass is 16.5. The molecule has 1 amide bonds. The zero-order chi connectivity index (χ0) is 28.8. The van der Waals surface area contributed by atoms with Crippen LogP contribution in [0.3, 0.4) is 0 Å². The van der Waals surface area contributed by atoms with Crippen molar-refractivity contribution in [2.24, 2.45) is 0 Å². The van der Waals surface area contributed by atoms with Crippen LogP contribution in [0.1, 0.15) is 10.6 Å². The third kappa shape index (κ3) is 5.37. The number of amides is 1. The topological polar surface area (TPSA) is 124 Å². The van der Waals surface area contributed by atoms with E-state index < -0.39 is 5.91 Å². The lowest BCUT2D eigenvalue weighted by Crippen LogP contribution is -2.14. The van der Waals surface area contributed by atoms with Crippen LogP contribution in [0.15, 0.2) is 48.5 Å². The van der Waals surface area contributed by atoms with Gasteiger partial charge >= 0.3 is 0 Å². The van der Waals surface area contributed by atoms with Crippen LogP contribution in [0.4, 0.5) is 5.69 Å². The Labute approximate surface area is 231 Å². The van der Waals surface area contributed by atoms with Crippen molar-refractivity contribution in [2.45, 2.75) is 0 Å². The lowest BCUT2D eigenvalue weighted by atomic mass is 10.1. The van der Waals surface area contributed by atoms with Gasteiger partial charge in [0.2, 0.25) is 17.3 Å². The number of nitrogens with zero attached hydrogens (tertiary/aromatic N) is 3. The number of methoxy groups -OCH3 is 7. The fraction of sp³-hybridized carbons (Fsp3) is 0.250. The van der Waals surface area contributed by atoms with Crippen molar-refractivity contribution in [2.75, 3.05) is 55.1 Å². The number of aromatic nitrogens is 3. The summed E-state index contributed by atoms with van der Waals surface area (Å²) in [6.07, 6.45) is 0. The van der Waals surface area contributed by atoms with Gasteiger partial charge in [0.05, 0.1) is 55.5 Å². The SMILES string of the molecule is COc1cccc(-n2nc(C(=O)Nc3cc(OC)c(OC)c(OC)c3)nc2-c2cc(OC)c(OC)c(OC)c2)c1. The fourth-order valence-electron chi connectivity index (χ4n) is 4.07. The minimum absolute atomic E-state index is 0.0969. The van der Waals surface area contributed by atoms with Gasteiger partial charge in [-0.1, -0.05) is 6.07 Å². The highest BCUT2D eigenvalue weighted by Gasteiger charge is 2.23. The summed E-state index contributed by atoms with van der Waals surface area (Å²) in [6, 6.07) is 13.9. The molecule has 0 saturated heterocycles. The molecule has 0 aliphatic heterocycles. The molecule has 0 atom stereocenters. The predicted molar refractivity (Wildman–Crippen MR) is 147 cm³/mol. The maximum atomic E-state index is 13.4. The number of carbonyl (C=O) groups is 1. The summed E-state index contributed by atoms with van der Waals surface area (Å²) in [5.41, 5.74) is 1.57. The van der Waals surface area contributed by atoms with Crippen molar-refractivity contribution in [3.63, 3.8) is 0 Å². The molecule has 1 N–H and O–H groups in total. The molecule has 0 saturated carbocycles. The van der Waals surface area contributed by atoms with E-state index in [0.717, 1.165) is 0 Å². The van der Waals surface area contributed by atoms with Gasteiger partial charge in [0, 0.05) is 29.4 Å². The van der Waals surface area contributed by atoms with Crippen molar-refractivity contribution >= 4 is 11.6 Å². The first kappa shape index (κ1) is 27.9. The van der Waals surface area contributed by atoms with Gasteiger partial charge in [0.15, 0.2) is 28.8 Å². The van der Waals surface area contributed by atoms with E-state index in [9.17, 15) is 4.79 Å². The summed E-state index contributed by atoms with van der Waals surface area (Å²) in [7, 11) is 10.6. The Kier molecular flexibility index (Phi) is 8.48. The number of hydrogen-bond acceptors (Lipinski definition) is 10. The Morgan fingerprint density at radius 1 is 0.700 bits per heavy atom. The molecule has 0 bridgehead atoms. The molecule has 0 aliphatic rings. The van der Waals surface area contributed by atoms with Gasteiger partial charge in [-0.3, -0.25) is 4.79 Å². The zero-order valence-electron chi connectivity index (χ0n) is 23.2. The van der Waals surface area contributed by atoms with Crippen molar-refractivity contribution < 1.29 is 38.0 Å². The molecule has 210 valence electrons. The third-order valence-electron chi connectivity index (χ3n) is 5.95. The van der Waals surface area contributed by atoms with Crippen LogP contribution in [0.25, 0.3) is 17.1 Å². The van der Waals surface area contributed by atoms with Crippen LogP contribution in [0.5, 0.6) is 40.2 Å². The smallest absolute Gasteiger partial charge is 0.295 e. The standard InChI is InChI=1S/C28H30N4O8/c1-34-19-10-8-9-18(15-19)32-27(16-11-20(35-2)24(39-6)21(12-16)36-3)30-26(31-32)28(33)29-17-13-22(37-4)25(40-7)23(14-17)38-5/h8-15H,1-7H3,(H,29,33). The normalized spacial score (nSPS) is 10.5. The second-order valence-electron chi connectivity index (χ2n) is 8.15. The molecule has 1 aromatic heterocycles. The van der Waals surface area contributed by atoms with E-state index in [0.29, 0.717) is 63.0 Å². The van der Waals surface area contributed by atoms with Crippen molar-refractivity contribution in [1.29, 1.82) is 0 Å². The maximum absolute atomic E-state index is 13.4. The van der Waals surface area contributed by atoms with Crippen LogP contribution in [0.2, 0.25) is 0 Å². The largest absolute Gasteiger partial charge is 0.497 e. The molecule has 0 spiro atoms. The third-order valence-corrected chi connectivity index (χ3v) is 5.95. The van der Waals surface area contributed by atoms with Crippen molar-refractivity contribution in [3.8, 4) is 57.3 Å². The Bertz CT molecular complexity index is 1470. The van der Waals surface area contributed by atoms with E-state index in [1.807, 2.05) is 12.1 Å². The summed E-state index contributed by atoms with van der Waals surface area (Å²) >= 11 is 0. The van der Waals surface area contributed by atoms with Gasteiger partial charge in [0.25, 0.3) is 5.91 Å². The lowest BCUT2D eigenvalue weighted by molar-refractivity contribution is 0.101. The molecule has 40 heavy (non-hydrogen) atoms. The Balaban J connectivity index is 1.83. The summed E-state index contributed by atoms with van der Waals surface area (Å²) in [5, 5.41) is 7.34. The average molecular weight is 551 g/mol. The molecule has 0 radical (unpaired) electrons. The Morgan fingerprint density at radius 2 is 1.25 bits per heavy atom. The molecule has 1 heterocycles. The van der Waals surface area contributed by atoms with E-state index in [-0.39, 0.29) is 5.82 Å². The first-order valence-corrected chi connectivity index (χ1v) is 11.9. The maximum Gasteiger partial charge on any atom is 0.295 e.